The normalized spacial score (nSPS) is 17.9. The van der Waals surface area contributed by atoms with Crippen LogP contribution in [-0.2, 0) is 0 Å². The first-order valence-corrected chi connectivity index (χ1v) is 11.1. The third kappa shape index (κ3) is 3.64. The van der Waals surface area contributed by atoms with E-state index in [9.17, 15) is 9.50 Å². The maximum atomic E-state index is 13.5. The van der Waals surface area contributed by atoms with Gasteiger partial charge in [-0.25, -0.2) is 4.39 Å². The summed E-state index contributed by atoms with van der Waals surface area (Å²) in [6.07, 6.45) is 1.77. The van der Waals surface area contributed by atoms with E-state index in [1.807, 2.05) is 49.1 Å². The van der Waals surface area contributed by atoms with E-state index in [2.05, 4.69) is 20.9 Å². The third-order valence-corrected chi connectivity index (χ3v) is 6.43. The van der Waals surface area contributed by atoms with Gasteiger partial charge in [0.25, 0.3) is 0 Å². The molecule has 1 fully saturated rings. The molecule has 4 aromatic rings. The first-order valence-electron chi connectivity index (χ1n) is 10.7. The number of anilines is 1. The number of halogens is 1. The van der Waals surface area contributed by atoms with Gasteiger partial charge in [0.1, 0.15) is 11.6 Å². The van der Waals surface area contributed by atoms with Gasteiger partial charge in [-0.3, -0.25) is 4.98 Å². The molecule has 0 unspecified atom stereocenters. The molecular formula is C26H23FN4OS. The molecule has 5 nitrogen and oxygen atoms in total. The predicted molar refractivity (Wildman–Crippen MR) is 131 cm³/mol. The van der Waals surface area contributed by atoms with Gasteiger partial charge in [0.05, 0.1) is 23.5 Å². The van der Waals surface area contributed by atoms with Crippen LogP contribution in [0.2, 0.25) is 0 Å². The van der Waals surface area contributed by atoms with Crippen LogP contribution in [-0.4, -0.2) is 19.8 Å². The van der Waals surface area contributed by atoms with Crippen LogP contribution < -0.4 is 10.2 Å². The lowest BCUT2D eigenvalue weighted by Gasteiger charge is -2.28. The van der Waals surface area contributed by atoms with Crippen LogP contribution in [0.1, 0.15) is 34.7 Å². The Hall–Kier alpha value is -3.71. The van der Waals surface area contributed by atoms with E-state index in [0.717, 1.165) is 28.3 Å². The minimum Gasteiger partial charge on any atom is -0.506 e. The Bertz CT molecular complexity index is 1320. The lowest BCUT2D eigenvalue weighted by molar-refractivity contribution is 0.472. The molecule has 7 heteroatoms. The van der Waals surface area contributed by atoms with Gasteiger partial charge in [-0.05, 0) is 86.2 Å². The number of phenolic OH excluding ortho intramolecular Hbond substituents is 1. The van der Waals surface area contributed by atoms with Crippen molar-refractivity contribution in [1.29, 1.82) is 0 Å². The largest absolute Gasteiger partial charge is 0.506 e. The van der Waals surface area contributed by atoms with Crippen molar-refractivity contribution in [3.8, 4) is 11.4 Å². The van der Waals surface area contributed by atoms with Crippen LogP contribution in [0, 0.1) is 19.7 Å². The fraction of sp³-hybridized carbons (Fsp3) is 0.154. The number of aryl methyl sites for hydroxylation is 1. The monoisotopic (exact) mass is 458 g/mol. The maximum absolute atomic E-state index is 13.5. The molecule has 1 aliphatic heterocycles. The number of aromatic nitrogens is 2. The summed E-state index contributed by atoms with van der Waals surface area (Å²) in [4.78, 5) is 6.55. The van der Waals surface area contributed by atoms with Gasteiger partial charge in [0.2, 0.25) is 0 Å². The Labute approximate surface area is 197 Å². The quantitative estimate of drug-likeness (QED) is 0.395. The molecule has 1 saturated heterocycles. The molecule has 2 atom stereocenters. The number of thiocarbonyl (C=S) groups is 1. The van der Waals surface area contributed by atoms with Crippen LogP contribution in [0.5, 0.6) is 5.75 Å². The van der Waals surface area contributed by atoms with Crippen molar-refractivity contribution < 1.29 is 9.50 Å². The molecule has 0 bridgehead atoms. The molecule has 2 aromatic heterocycles. The molecule has 1 aliphatic rings. The van der Waals surface area contributed by atoms with Gasteiger partial charge in [0.15, 0.2) is 5.11 Å². The standard InChI is InChI=1S/C26H23FN4OS/c1-16-15-20(17(2)30(16)19-12-10-18(27)11-13-19)25-24(21-7-5-6-14-28-21)29-26(33)31(25)22-8-3-4-9-23(22)32/h3-15,24-25,32H,1-2H3,(H,29,33)/t24-,25+/m0/s1. The van der Waals surface area contributed by atoms with Crippen LogP contribution >= 0.6 is 12.2 Å². The smallest absolute Gasteiger partial charge is 0.174 e. The highest BCUT2D eigenvalue weighted by atomic mass is 32.1. The Morgan fingerprint density at radius 2 is 1.73 bits per heavy atom. The van der Waals surface area contributed by atoms with Crippen molar-refractivity contribution in [2.45, 2.75) is 25.9 Å². The highest BCUT2D eigenvalue weighted by molar-refractivity contribution is 7.80. The van der Waals surface area contributed by atoms with E-state index in [1.165, 1.54) is 12.1 Å². The zero-order chi connectivity index (χ0) is 23.1. The summed E-state index contributed by atoms with van der Waals surface area (Å²) in [7, 11) is 0. The second-order valence-corrected chi connectivity index (χ2v) is 8.51. The summed E-state index contributed by atoms with van der Waals surface area (Å²) in [5.41, 5.74) is 5.44. The van der Waals surface area contributed by atoms with Crippen LogP contribution in [0.15, 0.2) is 79.0 Å². The molecule has 3 heterocycles. The third-order valence-electron chi connectivity index (χ3n) is 6.11. The summed E-state index contributed by atoms with van der Waals surface area (Å²) >= 11 is 5.75. The summed E-state index contributed by atoms with van der Waals surface area (Å²) in [6.45, 7) is 4.08. The predicted octanol–water partition coefficient (Wildman–Crippen LogP) is 5.51. The van der Waals surface area contributed by atoms with Crippen molar-refractivity contribution in [1.82, 2.24) is 14.9 Å². The van der Waals surface area contributed by atoms with Gasteiger partial charge >= 0.3 is 0 Å². The van der Waals surface area contributed by atoms with E-state index in [1.54, 1.807) is 30.5 Å². The number of phenols is 1. The number of nitrogens with zero attached hydrogens (tertiary/aromatic N) is 3. The minimum atomic E-state index is -0.271. The Morgan fingerprint density at radius 3 is 2.42 bits per heavy atom. The number of para-hydroxylation sites is 2. The van der Waals surface area contributed by atoms with Crippen LogP contribution in [0.4, 0.5) is 10.1 Å². The molecule has 33 heavy (non-hydrogen) atoms. The molecule has 2 N–H and O–H groups in total. The van der Waals surface area contributed by atoms with Crippen molar-refractivity contribution >= 4 is 23.0 Å². The molecule has 0 spiro atoms. The van der Waals surface area contributed by atoms with Gasteiger partial charge in [-0.15, -0.1) is 0 Å². The van der Waals surface area contributed by atoms with Crippen molar-refractivity contribution in [2.24, 2.45) is 0 Å². The van der Waals surface area contributed by atoms with Crippen LogP contribution in [0.3, 0.4) is 0 Å². The number of pyridine rings is 1. The van der Waals surface area contributed by atoms with E-state index in [0.29, 0.717) is 10.8 Å². The Balaban J connectivity index is 1.69. The summed E-state index contributed by atoms with van der Waals surface area (Å²) in [6, 6.07) is 21.1. The second kappa shape index (κ2) is 8.33. The highest BCUT2D eigenvalue weighted by Crippen LogP contribution is 2.45. The molecule has 2 aromatic carbocycles. The molecule has 166 valence electrons. The maximum Gasteiger partial charge on any atom is 0.174 e. The number of hydrogen-bond acceptors (Lipinski definition) is 3. The molecule has 0 radical (unpaired) electrons. The van der Waals surface area contributed by atoms with Gasteiger partial charge in [-0.2, -0.15) is 0 Å². The first-order chi connectivity index (χ1) is 16.0. The Kier molecular flexibility index (Phi) is 5.34. The van der Waals surface area contributed by atoms with E-state index >= 15 is 0 Å². The first kappa shape index (κ1) is 21.2. The summed E-state index contributed by atoms with van der Waals surface area (Å²) in [5.74, 6) is -0.117. The van der Waals surface area contributed by atoms with Crippen LogP contribution in [0.25, 0.3) is 5.69 Å². The number of benzene rings is 2. The van der Waals surface area contributed by atoms with Gasteiger partial charge < -0.3 is 19.9 Å². The fourth-order valence-corrected chi connectivity index (χ4v) is 5.01. The lowest BCUT2D eigenvalue weighted by atomic mass is 9.96. The number of hydrogen-bond donors (Lipinski definition) is 2. The average Bonchev–Trinajstić information content (AvgIpc) is 3.31. The van der Waals surface area contributed by atoms with Crippen molar-refractivity contribution in [3.05, 3.63) is 107 Å². The van der Waals surface area contributed by atoms with E-state index in [4.69, 9.17) is 12.2 Å². The van der Waals surface area contributed by atoms with Crippen molar-refractivity contribution in [2.75, 3.05) is 4.90 Å². The summed E-state index contributed by atoms with van der Waals surface area (Å²) < 4.78 is 15.6. The minimum absolute atomic E-state index is 0.153. The highest BCUT2D eigenvalue weighted by Gasteiger charge is 2.43. The molecule has 5 rings (SSSR count). The van der Waals surface area contributed by atoms with Gasteiger partial charge in [0, 0.05) is 23.3 Å². The SMILES string of the molecule is Cc1cc([C@@H]2[C@H](c3ccccn3)NC(=S)N2c2ccccc2O)c(C)n1-c1ccc(F)cc1. The second-order valence-electron chi connectivity index (χ2n) is 8.12. The number of rotatable bonds is 4. The topological polar surface area (TPSA) is 53.3 Å². The number of nitrogens with one attached hydrogen (secondary N) is 1. The molecule has 0 amide bonds. The molecule has 0 saturated carbocycles. The van der Waals surface area contributed by atoms with Gasteiger partial charge in [-0.1, -0.05) is 18.2 Å². The zero-order valence-electron chi connectivity index (χ0n) is 18.2. The van der Waals surface area contributed by atoms with E-state index in [-0.39, 0.29) is 23.7 Å². The number of aromatic hydroxyl groups is 1. The molecular weight excluding hydrogens is 435 g/mol. The van der Waals surface area contributed by atoms with E-state index < -0.39 is 0 Å². The average molecular weight is 459 g/mol. The fourth-order valence-electron chi connectivity index (χ4n) is 4.67. The summed E-state index contributed by atoms with van der Waals surface area (Å²) in [5, 5.41) is 14.6. The Morgan fingerprint density at radius 1 is 1.00 bits per heavy atom. The zero-order valence-corrected chi connectivity index (χ0v) is 19.1. The molecule has 0 aliphatic carbocycles. The lowest BCUT2D eigenvalue weighted by Crippen LogP contribution is -2.29. The van der Waals surface area contributed by atoms with Crippen molar-refractivity contribution in [3.63, 3.8) is 0 Å².